The number of anilines is 2. The zero-order valence-electron chi connectivity index (χ0n) is 20.3. The van der Waals surface area contributed by atoms with Gasteiger partial charge in [0.05, 0.1) is 0 Å². The molecule has 0 aliphatic carbocycles. The van der Waals surface area contributed by atoms with E-state index in [2.05, 4.69) is 105 Å². The Bertz CT molecular complexity index is 831. The summed E-state index contributed by atoms with van der Waals surface area (Å²) in [6.45, 7) is 15.9. The van der Waals surface area contributed by atoms with Crippen molar-refractivity contribution in [2.24, 2.45) is 5.92 Å². The zero-order valence-corrected chi connectivity index (χ0v) is 20.3. The summed E-state index contributed by atoms with van der Waals surface area (Å²) in [6, 6.07) is 17.3. The second kappa shape index (κ2) is 11.3. The van der Waals surface area contributed by atoms with E-state index in [1.165, 1.54) is 27.6 Å². The van der Waals surface area contributed by atoms with Gasteiger partial charge in [0.15, 0.2) is 0 Å². The highest BCUT2D eigenvalue weighted by Crippen LogP contribution is 2.31. The first kappa shape index (κ1) is 24.1. The molecular weight excluding hydrogens is 394 g/mol. The molecule has 0 spiro atoms. The maximum absolute atomic E-state index is 12.5. The van der Waals surface area contributed by atoms with Crippen molar-refractivity contribution in [3.8, 4) is 0 Å². The molecule has 2 aromatic rings. The predicted molar refractivity (Wildman–Crippen MR) is 140 cm³/mol. The fourth-order valence-corrected chi connectivity index (χ4v) is 4.48. The average Bonchev–Trinajstić information content (AvgIpc) is 2.80. The van der Waals surface area contributed by atoms with Crippen LogP contribution < -0.4 is 9.80 Å². The van der Waals surface area contributed by atoms with E-state index in [-0.39, 0.29) is 5.92 Å². The van der Waals surface area contributed by atoms with Gasteiger partial charge in [0, 0.05) is 56.6 Å². The molecule has 3 rings (SSSR count). The topological polar surface area (TPSA) is 32.8 Å². The first-order valence-corrected chi connectivity index (χ1v) is 12.0. The van der Waals surface area contributed by atoms with E-state index >= 15 is 0 Å². The molecule has 0 amide bonds. The Morgan fingerprint density at radius 3 is 1.38 bits per heavy atom. The van der Waals surface area contributed by atoms with Crippen LogP contribution >= 0.6 is 0 Å². The molecule has 1 aliphatic rings. The molecule has 4 nitrogen and oxygen atoms in total. The highest BCUT2D eigenvalue weighted by molar-refractivity contribution is 5.63. The smallest absolute Gasteiger partial charge is 0.0366 e. The molecule has 2 aromatic carbocycles. The van der Waals surface area contributed by atoms with E-state index in [1.54, 1.807) is 0 Å². The lowest BCUT2D eigenvalue weighted by Crippen LogP contribution is -2.32. The van der Waals surface area contributed by atoms with Crippen LogP contribution in [0.2, 0.25) is 0 Å². The molecule has 1 fully saturated rings. The molecule has 1 saturated heterocycles. The van der Waals surface area contributed by atoms with Crippen molar-refractivity contribution in [1.82, 2.24) is 5.06 Å². The molecule has 0 bridgehead atoms. The lowest BCUT2D eigenvalue weighted by molar-refractivity contribution is 0.385. The maximum Gasteiger partial charge on any atom is 0.0366 e. The van der Waals surface area contributed by atoms with E-state index < -0.39 is 0 Å². The Morgan fingerprint density at radius 1 is 0.719 bits per heavy atom. The molecule has 1 aliphatic heterocycles. The van der Waals surface area contributed by atoms with Crippen molar-refractivity contribution in [1.29, 1.82) is 0 Å². The van der Waals surface area contributed by atoms with Crippen LogP contribution in [-0.2, 0) is 0 Å². The van der Waals surface area contributed by atoms with Crippen LogP contribution in [0.1, 0.15) is 45.7 Å². The number of hydroxylamine groups is 2. The molecule has 0 unspecified atom stereocenters. The van der Waals surface area contributed by atoms with Gasteiger partial charge >= 0.3 is 0 Å². The standard InChI is InChI=1S/C28H38N3O/c1-6-29(7-2)27-14-10-23(11-15-27)18-25-20-31(32)21-26(22(25)5)19-24-12-16-28(17-13-24)30(8-3)9-4/h10-19,22H,6-9,20-21H2,1-5H3/q-1. The van der Waals surface area contributed by atoms with Crippen LogP contribution in [0.3, 0.4) is 0 Å². The van der Waals surface area contributed by atoms with Gasteiger partial charge in [-0.2, -0.15) is 0 Å². The van der Waals surface area contributed by atoms with Gasteiger partial charge in [-0.1, -0.05) is 43.3 Å². The van der Waals surface area contributed by atoms with Gasteiger partial charge in [0.1, 0.15) is 0 Å². The Hall–Kier alpha value is -2.56. The summed E-state index contributed by atoms with van der Waals surface area (Å²) in [5.74, 6) is 0.255. The van der Waals surface area contributed by atoms with Gasteiger partial charge < -0.3 is 20.1 Å². The molecule has 0 N–H and O–H groups in total. The number of hydrogen-bond acceptors (Lipinski definition) is 4. The summed E-state index contributed by atoms with van der Waals surface area (Å²) in [4.78, 5) is 4.68. The third kappa shape index (κ3) is 5.81. The summed E-state index contributed by atoms with van der Waals surface area (Å²) in [5, 5.41) is 13.6. The first-order chi connectivity index (χ1) is 15.5. The number of piperidine rings is 1. The summed E-state index contributed by atoms with van der Waals surface area (Å²) < 4.78 is 0. The molecule has 0 radical (unpaired) electrons. The molecule has 0 atom stereocenters. The van der Waals surface area contributed by atoms with Crippen molar-refractivity contribution in [3.63, 3.8) is 0 Å². The Balaban J connectivity index is 1.80. The minimum atomic E-state index is 0.255. The van der Waals surface area contributed by atoms with Crippen LogP contribution in [0, 0.1) is 11.1 Å². The highest BCUT2D eigenvalue weighted by Gasteiger charge is 2.20. The largest absolute Gasteiger partial charge is 0.785 e. The predicted octanol–water partition coefficient (Wildman–Crippen LogP) is 6.30. The van der Waals surface area contributed by atoms with Crippen molar-refractivity contribution in [2.75, 3.05) is 49.1 Å². The quantitative estimate of drug-likeness (QED) is 0.490. The SMILES string of the molecule is CCN(CC)c1ccc(C=C2CN([O-])CC(=Cc3ccc(N(CC)CC)cc3)C2C)cc1. The highest BCUT2D eigenvalue weighted by atomic mass is 16.5. The van der Waals surface area contributed by atoms with Gasteiger partial charge in [-0.15, -0.1) is 0 Å². The van der Waals surface area contributed by atoms with Crippen molar-refractivity contribution in [3.05, 3.63) is 76.0 Å². The third-order valence-electron chi connectivity index (χ3n) is 6.58. The minimum absolute atomic E-state index is 0.255. The van der Waals surface area contributed by atoms with E-state index in [1.807, 2.05) is 0 Å². The van der Waals surface area contributed by atoms with E-state index in [0.717, 1.165) is 37.3 Å². The fraction of sp³-hybridized carbons (Fsp3) is 0.429. The summed E-state index contributed by atoms with van der Waals surface area (Å²) >= 11 is 0. The van der Waals surface area contributed by atoms with Crippen LogP contribution in [-0.4, -0.2) is 44.3 Å². The van der Waals surface area contributed by atoms with Crippen molar-refractivity contribution < 1.29 is 0 Å². The van der Waals surface area contributed by atoms with Gasteiger partial charge in [0.25, 0.3) is 0 Å². The number of nitrogens with zero attached hydrogens (tertiary/aromatic N) is 3. The fourth-order valence-electron chi connectivity index (χ4n) is 4.48. The number of benzene rings is 2. The zero-order chi connectivity index (χ0) is 23.1. The summed E-state index contributed by atoms with van der Waals surface area (Å²) in [6.07, 6.45) is 4.39. The Morgan fingerprint density at radius 2 is 1.06 bits per heavy atom. The van der Waals surface area contributed by atoms with Gasteiger partial charge in [-0.3, -0.25) is 0 Å². The van der Waals surface area contributed by atoms with E-state index in [0.29, 0.717) is 13.1 Å². The van der Waals surface area contributed by atoms with Gasteiger partial charge in [-0.05, 0) is 74.2 Å². The second-order valence-electron chi connectivity index (χ2n) is 8.49. The van der Waals surface area contributed by atoms with Crippen LogP contribution in [0.15, 0.2) is 59.7 Å². The Kier molecular flexibility index (Phi) is 8.54. The van der Waals surface area contributed by atoms with Crippen LogP contribution in [0.5, 0.6) is 0 Å². The molecule has 172 valence electrons. The van der Waals surface area contributed by atoms with Gasteiger partial charge in [-0.25, -0.2) is 0 Å². The average molecular weight is 433 g/mol. The van der Waals surface area contributed by atoms with Crippen molar-refractivity contribution >= 4 is 23.5 Å². The first-order valence-electron chi connectivity index (χ1n) is 12.0. The number of rotatable bonds is 8. The molecule has 0 saturated carbocycles. The molecular formula is C28H38N3O-. The Labute approximate surface area is 194 Å². The normalized spacial score (nSPS) is 19.5. The molecule has 4 heteroatoms. The number of hydrogen-bond donors (Lipinski definition) is 0. The summed E-state index contributed by atoms with van der Waals surface area (Å²) in [5.41, 5.74) is 7.14. The van der Waals surface area contributed by atoms with Crippen LogP contribution in [0.4, 0.5) is 11.4 Å². The van der Waals surface area contributed by atoms with Crippen molar-refractivity contribution in [2.45, 2.75) is 34.6 Å². The lowest BCUT2D eigenvalue weighted by atomic mass is 9.86. The summed E-state index contributed by atoms with van der Waals surface area (Å²) in [7, 11) is 0. The molecule has 1 heterocycles. The minimum Gasteiger partial charge on any atom is -0.785 e. The third-order valence-corrected chi connectivity index (χ3v) is 6.58. The van der Waals surface area contributed by atoms with Gasteiger partial charge in [0.2, 0.25) is 0 Å². The monoisotopic (exact) mass is 432 g/mol. The molecule has 0 aromatic heterocycles. The van der Waals surface area contributed by atoms with E-state index in [4.69, 9.17) is 0 Å². The maximum atomic E-state index is 12.5. The lowest BCUT2D eigenvalue weighted by Gasteiger charge is -2.39. The van der Waals surface area contributed by atoms with E-state index in [9.17, 15) is 5.21 Å². The van der Waals surface area contributed by atoms with Crippen LogP contribution in [0.25, 0.3) is 12.2 Å². The second-order valence-corrected chi connectivity index (χ2v) is 8.49. The molecule has 32 heavy (non-hydrogen) atoms.